The summed E-state index contributed by atoms with van der Waals surface area (Å²) in [5, 5.41) is 3.08. The summed E-state index contributed by atoms with van der Waals surface area (Å²) in [7, 11) is 1.93. The first kappa shape index (κ1) is 10.9. The molecular weight excluding hydrogens is 184 g/mol. The average Bonchev–Trinajstić information content (AvgIpc) is 2.48. The van der Waals surface area contributed by atoms with E-state index in [4.69, 9.17) is 0 Å². The number of thiol groups is 1. The van der Waals surface area contributed by atoms with E-state index in [2.05, 4.69) is 17.9 Å². The van der Waals surface area contributed by atoms with Crippen molar-refractivity contribution in [2.24, 2.45) is 5.92 Å². The van der Waals surface area contributed by atoms with Gasteiger partial charge in [0, 0.05) is 19.5 Å². The van der Waals surface area contributed by atoms with Crippen LogP contribution in [-0.2, 0) is 4.79 Å². The maximum Gasteiger partial charge on any atom is 0.222 e. The van der Waals surface area contributed by atoms with Crippen LogP contribution in [0.25, 0.3) is 0 Å². The molecule has 0 saturated carbocycles. The van der Waals surface area contributed by atoms with E-state index in [-0.39, 0.29) is 0 Å². The lowest BCUT2D eigenvalue weighted by atomic mass is 10.1. The predicted molar refractivity (Wildman–Crippen MR) is 57.1 cm³/mol. The van der Waals surface area contributed by atoms with Gasteiger partial charge in [-0.1, -0.05) is 0 Å². The number of likely N-dealkylation sites (tertiary alicyclic amines) is 1. The molecule has 0 aromatic carbocycles. The van der Waals surface area contributed by atoms with Crippen LogP contribution in [-0.4, -0.2) is 43.2 Å². The average molecular weight is 202 g/mol. The van der Waals surface area contributed by atoms with Crippen LogP contribution in [0.2, 0.25) is 0 Å². The second kappa shape index (κ2) is 5.50. The van der Waals surface area contributed by atoms with Gasteiger partial charge in [0.2, 0.25) is 5.91 Å². The normalized spacial score (nSPS) is 22.8. The minimum atomic E-state index is 0.301. The maximum absolute atomic E-state index is 11.4. The summed E-state index contributed by atoms with van der Waals surface area (Å²) in [6.07, 6.45) is 1.74. The van der Waals surface area contributed by atoms with Crippen molar-refractivity contribution in [1.82, 2.24) is 10.2 Å². The van der Waals surface area contributed by atoms with Gasteiger partial charge >= 0.3 is 0 Å². The zero-order valence-corrected chi connectivity index (χ0v) is 9.02. The number of nitrogens with one attached hydrogen (secondary N) is 1. The molecule has 1 unspecified atom stereocenters. The fourth-order valence-corrected chi connectivity index (χ4v) is 1.88. The van der Waals surface area contributed by atoms with E-state index in [1.165, 1.54) is 0 Å². The summed E-state index contributed by atoms with van der Waals surface area (Å²) >= 11 is 4.22. The Morgan fingerprint density at radius 3 is 3.00 bits per heavy atom. The molecule has 0 aromatic rings. The lowest BCUT2D eigenvalue weighted by Gasteiger charge is -2.15. The van der Waals surface area contributed by atoms with E-state index in [1.807, 2.05) is 11.9 Å². The molecule has 1 saturated heterocycles. The number of carbonyl (C=O) groups is 1. The van der Waals surface area contributed by atoms with Gasteiger partial charge in [0.15, 0.2) is 0 Å². The zero-order valence-electron chi connectivity index (χ0n) is 8.12. The molecule has 0 aromatic heterocycles. The van der Waals surface area contributed by atoms with Crippen LogP contribution >= 0.6 is 12.6 Å². The Morgan fingerprint density at radius 2 is 2.46 bits per heavy atom. The zero-order chi connectivity index (χ0) is 9.68. The number of hydrogen-bond donors (Lipinski definition) is 2. The molecule has 0 spiro atoms. The summed E-state index contributed by atoms with van der Waals surface area (Å²) in [4.78, 5) is 13.4. The van der Waals surface area contributed by atoms with Crippen LogP contribution in [0.3, 0.4) is 0 Å². The summed E-state index contributed by atoms with van der Waals surface area (Å²) in [6.45, 7) is 2.78. The fourth-order valence-electron chi connectivity index (χ4n) is 1.64. The first-order valence-corrected chi connectivity index (χ1v) is 5.44. The predicted octanol–water partition coefficient (Wildman–Crippen LogP) is 0.374. The van der Waals surface area contributed by atoms with Crippen LogP contribution < -0.4 is 5.32 Å². The molecule has 1 amide bonds. The molecule has 0 bridgehead atoms. The number of amides is 1. The van der Waals surface area contributed by atoms with Crippen molar-refractivity contribution in [3.8, 4) is 0 Å². The van der Waals surface area contributed by atoms with Gasteiger partial charge in [-0.05, 0) is 31.7 Å². The van der Waals surface area contributed by atoms with Gasteiger partial charge in [0.05, 0.1) is 0 Å². The molecule has 1 rings (SSSR count). The van der Waals surface area contributed by atoms with Gasteiger partial charge in [0.1, 0.15) is 0 Å². The van der Waals surface area contributed by atoms with Gasteiger partial charge in [-0.25, -0.2) is 0 Å². The minimum absolute atomic E-state index is 0.301. The Balaban J connectivity index is 2.23. The molecule has 0 aliphatic carbocycles. The molecule has 3 nitrogen and oxygen atoms in total. The van der Waals surface area contributed by atoms with Crippen LogP contribution in [0.5, 0.6) is 0 Å². The van der Waals surface area contributed by atoms with E-state index < -0.39 is 0 Å². The molecule has 1 aliphatic rings. The summed E-state index contributed by atoms with van der Waals surface area (Å²) in [5.74, 6) is 1.61. The van der Waals surface area contributed by atoms with Crippen molar-refractivity contribution >= 4 is 18.5 Å². The van der Waals surface area contributed by atoms with E-state index in [1.54, 1.807) is 0 Å². The molecule has 4 heteroatoms. The van der Waals surface area contributed by atoms with Crippen molar-refractivity contribution in [2.45, 2.75) is 12.8 Å². The highest BCUT2D eigenvalue weighted by Gasteiger charge is 2.27. The van der Waals surface area contributed by atoms with E-state index in [0.29, 0.717) is 18.2 Å². The van der Waals surface area contributed by atoms with E-state index >= 15 is 0 Å². The minimum Gasteiger partial charge on any atom is -0.342 e. The van der Waals surface area contributed by atoms with Crippen LogP contribution in [0, 0.1) is 5.92 Å². The largest absolute Gasteiger partial charge is 0.342 e. The Hall–Kier alpha value is -0.220. The first-order chi connectivity index (χ1) is 6.27. The number of nitrogens with zero attached hydrogens (tertiary/aromatic N) is 1. The van der Waals surface area contributed by atoms with Crippen molar-refractivity contribution in [2.75, 3.05) is 32.4 Å². The lowest BCUT2D eigenvalue weighted by molar-refractivity contribution is -0.127. The van der Waals surface area contributed by atoms with Gasteiger partial charge < -0.3 is 10.2 Å². The van der Waals surface area contributed by atoms with Gasteiger partial charge in [-0.2, -0.15) is 12.6 Å². The van der Waals surface area contributed by atoms with Crippen LogP contribution in [0.15, 0.2) is 0 Å². The Kier molecular flexibility index (Phi) is 4.59. The SMILES string of the molecule is CNCCCN1CC(CS)CC1=O. The fraction of sp³-hybridized carbons (Fsp3) is 0.889. The molecule has 1 heterocycles. The molecular formula is C9H18N2OS. The summed E-state index contributed by atoms with van der Waals surface area (Å²) in [6, 6.07) is 0. The van der Waals surface area contributed by atoms with Crippen LogP contribution in [0.1, 0.15) is 12.8 Å². The van der Waals surface area contributed by atoms with Crippen LogP contribution in [0.4, 0.5) is 0 Å². The van der Waals surface area contributed by atoms with Crippen molar-refractivity contribution in [3.63, 3.8) is 0 Å². The number of carbonyl (C=O) groups excluding carboxylic acids is 1. The Labute approximate surface area is 85.3 Å². The maximum atomic E-state index is 11.4. The van der Waals surface area contributed by atoms with Gasteiger partial charge in [-0.15, -0.1) is 0 Å². The van der Waals surface area contributed by atoms with Gasteiger partial charge in [-0.3, -0.25) is 4.79 Å². The van der Waals surface area contributed by atoms with Crippen molar-refractivity contribution < 1.29 is 4.79 Å². The first-order valence-electron chi connectivity index (χ1n) is 4.81. The molecule has 1 N–H and O–H groups in total. The lowest BCUT2D eigenvalue weighted by Crippen LogP contribution is -2.28. The highest BCUT2D eigenvalue weighted by atomic mass is 32.1. The summed E-state index contributed by atoms with van der Waals surface area (Å²) < 4.78 is 0. The standard InChI is InChI=1S/C9H18N2OS/c1-10-3-2-4-11-6-8(7-13)5-9(11)12/h8,10,13H,2-7H2,1H3. The molecule has 1 aliphatic heterocycles. The third kappa shape index (κ3) is 3.19. The number of rotatable bonds is 5. The Bertz CT molecular complexity index is 175. The molecule has 13 heavy (non-hydrogen) atoms. The molecule has 76 valence electrons. The quantitative estimate of drug-likeness (QED) is 0.499. The van der Waals surface area contributed by atoms with Gasteiger partial charge in [0.25, 0.3) is 0 Å². The highest BCUT2D eigenvalue weighted by molar-refractivity contribution is 7.80. The third-order valence-corrected chi connectivity index (χ3v) is 2.92. The van der Waals surface area contributed by atoms with Crippen molar-refractivity contribution in [3.05, 3.63) is 0 Å². The molecule has 0 radical (unpaired) electrons. The molecule has 1 fully saturated rings. The summed E-state index contributed by atoms with van der Waals surface area (Å²) in [5.41, 5.74) is 0. The Morgan fingerprint density at radius 1 is 1.69 bits per heavy atom. The molecule has 1 atom stereocenters. The topological polar surface area (TPSA) is 32.3 Å². The van der Waals surface area contributed by atoms with Crippen molar-refractivity contribution in [1.29, 1.82) is 0 Å². The number of hydrogen-bond acceptors (Lipinski definition) is 3. The second-order valence-corrected chi connectivity index (χ2v) is 3.91. The van der Waals surface area contributed by atoms with E-state index in [9.17, 15) is 4.79 Å². The second-order valence-electron chi connectivity index (χ2n) is 3.55. The monoisotopic (exact) mass is 202 g/mol. The smallest absolute Gasteiger partial charge is 0.222 e. The third-order valence-electron chi connectivity index (χ3n) is 2.41. The highest BCUT2D eigenvalue weighted by Crippen LogP contribution is 2.18. The van der Waals surface area contributed by atoms with E-state index in [0.717, 1.165) is 31.8 Å².